The number of methoxy groups -OCH3 is 1. The summed E-state index contributed by atoms with van der Waals surface area (Å²) < 4.78 is 5.17. The Morgan fingerprint density at radius 3 is 2.71 bits per heavy atom. The Labute approximate surface area is 139 Å². The van der Waals surface area contributed by atoms with Crippen LogP contribution in [0.1, 0.15) is 23.7 Å². The van der Waals surface area contributed by atoms with Crippen molar-refractivity contribution in [1.82, 2.24) is 10.4 Å². The number of rotatable bonds is 6. The zero-order chi connectivity index (χ0) is 17.4. The summed E-state index contributed by atoms with van der Waals surface area (Å²) in [6.07, 6.45) is 3.06. The van der Waals surface area contributed by atoms with E-state index in [1.54, 1.807) is 43.5 Å². The molecule has 7 heteroatoms. The normalized spacial score (nSPS) is 10.8. The number of hydrogen-bond donors (Lipinski definition) is 2. The maximum atomic E-state index is 12.0. The highest BCUT2D eigenvalue weighted by Crippen LogP contribution is 2.22. The fraction of sp³-hybridized carbons (Fsp3) is 0.176. The average molecular weight is 326 g/mol. The van der Waals surface area contributed by atoms with E-state index in [4.69, 9.17) is 4.74 Å². The number of pyridine rings is 1. The minimum Gasteiger partial charge on any atom is -0.495 e. The van der Waals surface area contributed by atoms with Crippen LogP contribution in [-0.2, 0) is 4.79 Å². The summed E-state index contributed by atoms with van der Waals surface area (Å²) in [5.41, 5.74) is 3.84. The Kier molecular flexibility index (Phi) is 6.01. The van der Waals surface area contributed by atoms with E-state index in [9.17, 15) is 9.59 Å². The summed E-state index contributed by atoms with van der Waals surface area (Å²) in [5.74, 6) is -0.0608. The average Bonchev–Trinajstić information content (AvgIpc) is 2.60. The second-order valence-corrected chi connectivity index (χ2v) is 4.95. The molecule has 0 fully saturated rings. The molecule has 0 saturated heterocycles. The smallest absolute Gasteiger partial charge is 0.272 e. The lowest BCUT2D eigenvalue weighted by Gasteiger charge is -2.09. The maximum absolute atomic E-state index is 12.0. The Balaban J connectivity index is 1.90. The minimum absolute atomic E-state index is 0.0470. The lowest BCUT2D eigenvalue weighted by atomic mass is 10.2. The van der Waals surface area contributed by atoms with Gasteiger partial charge in [-0.05, 0) is 31.2 Å². The van der Waals surface area contributed by atoms with E-state index >= 15 is 0 Å². The number of para-hydroxylation sites is 2. The third-order valence-electron chi connectivity index (χ3n) is 3.07. The number of amides is 2. The number of nitrogens with one attached hydrogen (secondary N) is 2. The van der Waals surface area contributed by atoms with E-state index in [1.807, 2.05) is 6.07 Å². The van der Waals surface area contributed by atoms with Gasteiger partial charge in [-0.2, -0.15) is 5.10 Å². The molecule has 2 N–H and O–H groups in total. The minimum atomic E-state index is -0.382. The molecule has 0 bridgehead atoms. The van der Waals surface area contributed by atoms with Gasteiger partial charge in [-0.25, -0.2) is 5.43 Å². The van der Waals surface area contributed by atoms with Gasteiger partial charge < -0.3 is 10.1 Å². The number of carbonyl (C=O) groups is 2. The van der Waals surface area contributed by atoms with Crippen molar-refractivity contribution in [3.05, 3.63) is 54.4 Å². The first kappa shape index (κ1) is 17.1. The summed E-state index contributed by atoms with van der Waals surface area (Å²) in [4.78, 5) is 27.7. The number of nitrogens with zero attached hydrogens (tertiary/aromatic N) is 2. The predicted molar refractivity (Wildman–Crippen MR) is 91.1 cm³/mol. The molecule has 0 aliphatic carbocycles. The zero-order valence-corrected chi connectivity index (χ0v) is 13.4. The van der Waals surface area contributed by atoms with E-state index in [-0.39, 0.29) is 18.2 Å². The first-order chi connectivity index (χ1) is 11.6. The van der Waals surface area contributed by atoms with Crippen LogP contribution in [0, 0.1) is 0 Å². The molecule has 2 rings (SSSR count). The highest BCUT2D eigenvalue weighted by Gasteiger charge is 2.09. The Hall–Kier alpha value is -3.22. The number of anilines is 1. The van der Waals surface area contributed by atoms with Crippen LogP contribution in [0.3, 0.4) is 0 Å². The van der Waals surface area contributed by atoms with Gasteiger partial charge in [-0.15, -0.1) is 0 Å². The molecule has 0 radical (unpaired) electrons. The first-order valence-electron chi connectivity index (χ1n) is 7.26. The summed E-state index contributed by atoms with van der Waals surface area (Å²) >= 11 is 0. The predicted octanol–water partition coefficient (Wildman–Crippen LogP) is 2.22. The van der Waals surface area contributed by atoms with Crippen LogP contribution in [0.5, 0.6) is 5.75 Å². The van der Waals surface area contributed by atoms with Gasteiger partial charge in [0.2, 0.25) is 5.91 Å². The van der Waals surface area contributed by atoms with Crippen molar-refractivity contribution in [2.75, 3.05) is 12.4 Å². The Morgan fingerprint density at radius 1 is 1.21 bits per heavy atom. The fourth-order valence-electron chi connectivity index (χ4n) is 1.92. The van der Waals surface area contributed by atoms with Gasteiger partial charge in [0.15, 0.2) is 0 Å². The highest BCUT2D eigenvalue weighted by atomic mass is 16.5. The Bertz CT molecular complexity index is 745. The molecule has 124 valence electrons. The number of hydrogen-bond acceptors (Lipinski definition) is 5. The topological polar surface area (TPSA) is 92.7 Å². The van der Waals surface area contributed by atoms with Crippen molar-refractivity contribution in [3.8, 4) is 5.75 Å². The molecule has 1 heterocycles. The molecule has 0 saturated carbocycles. The summed E-state index contributed by atoms with van der Waals surface area (Å²) in [5, 5.41) is 6.67. The number of carbonyl (C=O) groups excluding carboxylic acids is 2. The van der Waals surface area contributed by atoms with Crippen molar-refractivity contribution in [1.29, 1.82) is 0 Å². The molecule has 2 amide bonds. The van der Waals surface area contributed by atoms with Crippen LogP contribution in [0.25, 0.3) is 0 Å². The van der Waals surface area contributed by atoms with E-state index in [0.717, 1.165) is 0 Å². The molecule has 24 heavy (non-hydrogen) atoms. The van der Waals surface area contributed by atoms with Gasteiger partial charge in [-0.3, -0.25) is 14.6 Å². The maximum Gasteiger partial charge on any atom is 0.272 e. The van der Waals surface area contributed by atoms with E-state index in [0.29, 0.717) is 22.7 Å². The van der Waals surface area contributed by atoms with Crippen molar-refractivity contribution >= 4 is 23.2 Å². The molecular weight excluding hydrogens is 308 g/mol. The summed E-state index contributed by atoms with van der Waals surface area (Å²) in [7, 11) is 1.53. The molecule has 0 unspecified atom stereocenters. The van der Waals surface area contributed by atoms with Gasteiger partial charge in [0.1, 0.15) is 5.75 Å². The second-order valence-electron chi connectivity index (χ2n) is 4.95. The monoisotopic (exact) mass is 326 g/mol. The molecule has 7 nitrogen and oxygen atoms in total. The lowest BCUT2D eigenvalue weighted by molar-refractivity contribution is -0.115. The molecule has 2 aromatic rings. The number of ether oxygens (including phenoxy) is 1. The number of hydrazone groups is 1. The van der Waals surface area contributed by atoms with E-state index < -0.39 is 0 Å². The van der Waals surface area contributed by atoms with Crippen LogP contribution >= 0.6 is 0 Å². The molecule has 1 aromatic carbocycles. The fourth-order valence-corrected chi connectivity index (χ4v) is 1.92. The van der Waals surface area contributed by atoms with Crippen LogP contribution in [-0.4, -0.2) is 29.6 Å². The van der Waals surface area contributed by atoms with Crippen LogP contribution in [0.4, 0.5) is 5.69 Å². The third kappa shape index (κ3) is 4.91. The molecule has 0 spiro atoms. The molecule has 0 aliphatic rings. The zero-order valence-electron chi connectivity index (χ0n) is 13.4. The molecule has 0 atom stereocenters. The number of benzene rings is 1. The standard InChI is InChI=1S/C17H18N4O3/c1-12(20-21-17(23)13-6-5-9-18-11-13)10-16(22)19-14-7-3-4-8-15(14)24-2/h3-9,11H,10H2,1-2H3,(H,19,22)(H,21,23). The molecule has 0 aliphatic heterocycles. The van der Waals surface area contributed by atoms with Crippen LogP contribution < -0.4 is 15.5 Å². The van der Waals surface area contributed by atoms with E-state index in [1.165, 1.54) is 13.3 Å². The van der Waals surface area contributed by atoms with Crippen molar-refractivity contribution < 1.29 is 14.3 Å². The van der Waals surface area contributed by atoms with Gasteiger partial charge in [0, 0.05) is 18.1 Å². The van der Waals surface area contributed by atoms with Crippen molar-refractivity contribution in [2.24, 2.45) is 5.10 Å². The largest absolute Gasteiger partial charge is 0.495 e. The second kappa shape index (κ2) is 8.42. The van der Waals surface area contributed by atoms with Gasteiger partial charge in [-0.1, -0.05) is 12.1 Å². The molecular formula is C17H18N4O3. The SMILES string of the molecule is COc1ccccc1NC(=O)CC(C)=NNC(=O)c1cccnc1. The van der Waals surface area contributed by atoms with Crippen molar-refractivity contribution in [2.45, 2.75) is 13.3 Å². The quantitative estimate of drug-likeness (QED) is 0.629. The summed E-state index contributed by atoms with van der Waals surface area (Å²) in [6, 6.07) is 10.4. The van der Waals surface area contributed by atoms with Gasteiger partial charge in [0.05, 0.1) is 24.8 Å². The van der Waals surface area contributed by atoms with Crippen LogP contribution in [0.15, 0.2) is 53.9 Å². The first-order valence-corrected chi connectivity index (χ1v) is 7.26. The molecule has 1 aromatic heterocycles. The highest BCUT2D eigenvalue weighted by molar-refractivity contribution is 6.06. The Morgan fingerprint density at radius 2 is 2.00 bits per heavy atom. The summed E-state index contributed by atoms with van der Waals surface area (Å²) in [6.45, 7) is 1.66. The lowest BCUT2D eigenvalue weighted by Crippen LogP contribution is -2.21. The van der Waals surface area contributed by atoms with Gasteiger partial charge in [0.25, 0.3) is 5.91 Å². The van der Waals surface area contributed by atoms with Gasteiger partial charge >= 0.3 is 0 Å². The third-order valence-corrected chi connectivity index (χ3v) is 3.07. The van der Waals surface area contributed by atoms with Crippen LogP contribution in [0.2, 0.25) is 0 Å². The van der Waals surface area contributed by atoms with Crippen molar-refractivity contribution in [3.63, 3.8) is 0 Å². The number of aromatic nitrogens is 1. The van der Waals surface area contributed by atoms with E-state index in [2.05, 4.69) is 20.8 Å².